The van der Waals surface area contributed by atoms with Crippen molar-refractivity contribution in [1.82, 2.24) is 4.57 Å². The number of aliphatic hydroxyl groups is 1. The van der Waals surface area contributed by atoms with E-state index in [1.165, 1.54) is 15.8 Å². The molecule has 1 aromatic carbocycles. The van der Waals surface area contributed by atoms with Crippen molar-refractivity contribution in [3.05, 3.63) is 57.9 Å². The first kappa shape index (κ1) is 15.3. The van der Waals surface area contributed by atoms with E-state index in [0.717, 1.165) is 30.5 Å². The molecule has 0 saturated carbocycles. The Hall–Kier alpha value is -1.58. The minimum Gasteiger partial charge on any atom is -0.379 e. The van der Waals surface area contributed by atoms with Crippen LogP contribution in [0.2, 0.25) is 0 Å². The molecule has 0 saturated heterocycles. The molecule has 0 fully saturated rings. The van der Waals surface area contributed by atoms with Crippen molar-refractivity contribution in [3.63, 3.8) is 0 Å². The maximum absolute atomic E-state index is 11.4. The van der Waals surface area contributed by atoms with E-state index in [4.69, 9.17) is 0 Å². The molecule has 3 aromatic rings. The summed E-state index contributed by atoms with van der Waals surface area (Å²) in [5.41, 5.74) is 2.47. The molecule has 1 aliphatic carbocycles. The van der Waals surface area contributed by atoms with Gasteiger partial charge in [0.1, 0.15) is 5.60 Å². The van der Waals surface area contributed by atoms with Crippen molar-refractivity contribution in [2.45, 2.75) is 38.7 Å². The second-order valence-electron chi connectivity index (χ2n) is 5.62. The van der Waals surface area contributed by atoms with Crippen LogP contribution in [-0.2, 0) is 19.1 Å². The van der Waals surface area contributed by atoms with E-state index in [0.29, 0.717) is 0 Å². The van der Waals surface area contributed by atoms with Crippen LogP contribution in [0, 0.1) is 0 Å². The van der Waals surface area contributed by atoms with Crippen molar-refractivity contribution in [2.75, 3.05) is 0 Å². The molecule has 1 N–H and O–H groups in total. The molecule has 1 aliphatic rings. The topological polar surface area (TPSA) is 25.2 Å². The van der Waals surface area contributed by atoms with Crippen LogP contribution in [0.15, 0.2) is 41.8 Å². The Bertz CT molecular complexity index is 786. The fourth-order valence-corrected chi connectivity index (χ4v) is 4.49. The van der Waals surface area contributed by atoms with Crippen LogP contribution in [0.1, 0.15) is 42.8 Å². The molecule has 2 aromatic heterocycles. The van der Waals surface area contributed by atoms with Gasteiger partial charge in [-0.25, -0.2) is 0 Å². The Kier molecular flexibility index (Phi) is 4.11. The highest BCUT2D eigenvalue weighted by atomic mass is 32.1. The standard InChI is InChI=1S/C17H17NOS.C2H6/c1-18-14-6-3-2-5-12(14)11-16(18)17(19)9-4-7-15-13(17)8-10-20-15;1-2/h2-3,5-6,8,10-11,19H,4,7,9H2,1H3;1-2H3. The summed E-state index contributed by atoms with van der Waals surface area (Å²) in [5.74, 6) is 0. The normalized spacial score (nSPS) is 20.4. The molecule has 2 nitrogen and oxygen atoms in total. The van der Waals surface area contributed by atoms with Crippen LogP contribution < -0.4 is 0 Å². The first-order valence-electron chi connectivity index (χ1n) is 8.04. The van der Waals surface area contributed by atoms with E-state index in [1.807, 2.05) is 26.0 Å². The van der Waals surface area contributed by atoms with Gasteiger partial charge in [0.2, 0.25) is 0 Å². The molecule has 0 aliphatic heterocycles. The van der Waals surface area contributed by atoms with Crippen molar-refractivity contribution in [1.29, 1.82) is 0 Å². The lowest BCUT2D eigenvalue weighted by atomic mass is 9.81. The zero-order valence-electron chi connectivity index (χ0n) is 13.5. The summed E-state index contributed by atoms with van der Waals surface area (Å²) in [6.45, 7) is 4.00. The quantitative estimate of drug-likeness (QED) is 0.683. The highest BCUT2D eigenvalue weighted by Gasteiger charge is 2.39. The molecule has 1 unspecified atom stereocenters. The zero-order valence-corrected chi connectivity index (χ0v) is 14.3. The van der Waals surface area contributed by atoms with Crippen LogP contribution in [-0.4, -0.2) is 9.67 Å². The van der Waals surface area contributed by atoms with Gasteiger partial charge < -0.3 is 9.67 Å². The van der Waals surface area contributed by atoms with Crippen LogP contribution in [0.4, 0.5) is 0 Å². The first-order valence-corrected chi connectivity index (χ1v) is 8.92. The Morgan fingerprint density at radius 1 is 1.18 bits per heavy atom. The first-order chi connectivity index (χ1) is 10.7. The van der Waals surface area contributed by atoms with E-state index in [9.17, 15) is 5.11 Å². The number of aryl methyl sites for hydroxylation is 2. The minimum absolute atomic E-state index is 0.806. The molecular weight excluding hydrogens is 290 g/mol. The van der Waals surface area contributed by atoms with E-state index in [1.54, 1.807) is 11.3 Å². The predicted molar refractivity (Wildman–Crippen MR) is 94.5 cm³/mol. The van der Waals surface area contributed by atoms with Crippen LogP contribution in [0.25, 0.3) is 10.9 Å². The SMILES string of the molecule is CC.Cn1c(C2(O)CCCc3sccc32)cc2ccccc21. The summed E-state index contributed by atoms with van der Waals surface area (Å²) in [4.78, 5) is 1.34. The van der Waals surface area contributed by atoms with Gasteiger partial charge in [-0.1, -0.05) is 32.0 Å². The second kappa shape index (κ2) is 5.90. The third-order valence-electron chi connectivity index (χ3n) is 4.51. The minimum atomic E-state index is -0.832. The molecule has 1 atom stereocenters. The number of para-hydroxylation sites is 1. The molecule has 0 spiro atoms. The summed E-state index contributed by atoms with van der Waals surface area (Å²) < 4.78 is 2.14. The van der Waals surface area contributed by atoms with Crippen molar-refractivity contribution in [2.24, 2.45) is 7.05 Å². The van der Waals surface area contributed by atoms with E-state index >= 15 is 0 Å². The smallest absolute Gasteiger partial charge is 0.130 e. The Morgan fingerprint density at radius 2 is 1.95 bits per heavy atom. The van der Waals surface area contributed by atoms with Gasteiger partial charge in [0.15, 0.2) is 0 Å². The van der Waals surface area contributed by atoms with Crippen molar-refractivity contribution in [3.8, 4) is 0 Å². The Labute approximate surface area is 136 Å². The number of hydrogen-bond acceptors (Lipinski definition) is 2. The molecule has 4 rings (SSSR count). The number of aromatic nitrogens is 1. The molecule has 116 valence electrons. The molecule has 22 heavy (non-hydrogen) atoms. The van der Waals surface area contributed by atoms with Gasteiger partial charge in [0.25, 0.3) is 0 Å². The van der Waals surface area contributed by atoms with Gasteiger partial charge in [-0.05, 0) is 48.2 Å². The number of nitrogens with zero attached hydrogens (tertiary/aromatic N) is 1. The van der Waals surface area contributed by atoms with Crippen LogP contribution in [0.5, 0.6) is 0 Å². The monoisotopic (exact) mass is 313 g/mol. The van der Waals surface area contributed by atoms with Gasteiger partial charge >= 0.3 is 0 Å². The van der Waals surface area contributed by atoms with Gasteiger partial charge in [0, 0.05) is 23.0 Å². The number of hydrogen-bond donors (Lipinski definition) is 1. The lowest BCUT2D eigenvalue weighted by Crippen LogP contribution is -2.32. The van der Waals surface area contributed by atoms with E-state index in [2.05, 4.69) is 41.3 Å². The van der Waals surface area contributed by atoms with Crippen LogP contribution >= 0.6 is 11.3 Å². The van der Waals surface area contributed by atoms with Crippen LogP contribution in [0.3, 0.4) is 0 Å². The molecule has 3 heteroatoms. The van der Waals surface area contributed by atoms with Crippen molar-refractivity contribution >= 4 is 22.2 Å². The van der Waals surface area contributed by atoms with Gasteiger partial charge in [-0.3, -0.25) is 0 Å². The fourth-order valence-electron chi connectivity index (χ4n) is 3.49. The molecule has 0 radical (unpaired) electrons. The van der Waals surface area contributed by atoms with Crippen molar-refractivity contribution < 1.29 is 5.11 Å². The third-order valence-corrected chi connectivity index (χ3v) is 5.49. The highest BCUT2D eigenvalue weighted by molar-refractivity contribution is 7.10. The average molecular weight is 313 g/mol. The number of thiophene rings is 1. The summed E-state index contributed by atoms with van der Waals surface area (Å²) in [6, 6.07) is 12.6. The fraction of sp³-hybridized carbons (Fsp3) is 0.368. The molecule has 0 bridgehead atoms. The van der Waals surface area contributed by atoms with Gasteiger partial charge in [-0.2, -0.15) is 0 Å². The van der Waals surface area contributed by atoms with E-state index in [-0.39, 0.29) is 0 Å². The Balaban J connectivity index is 0.000000693. The number of rotatable bonds is 1. The number of fused-ring (bicyclic) bond motifs is 2. The maximum Gasteiger partial charge on any atom is 0.130 e. The van der Waals surface area contributed by atoms with E-state index < -0.39 is 5.60 Å². The summed E-state index contributed by atoms with van der Waals surface area (Å²) in [7, 11) is 2.05. The molecule has 0 amide bonds. The highest BCUT2D eigenvalue weighted by Crippen LogP contribution is 2.43. The number of benzene rings is 1. The zero-order chi connectivity index (χ0) is 15.7. The summed E-state index contributed by atoms with van der Waals surface area (Å²) >= 11 is 1.77. The Morgan fingerprint density at radius 3 is 2.73 bits per heavy atom. The van der Waals surface area contributed by atoms with Gasteiger partial charge in [-0.15, -0.1) is 11.3 Å². The summed E-state index contributed by atoms with van der Waals surface area (Å²) in [5, 5.41) is 14.6. The second-order valence-corrected chi connectivity index (χ2v) is 6.62. The largest absolute Gasteiger partial charge is 0.379 e. The lowest BCUT2D eigenvalue weighted by molar-refractivity contribution is 0.0556. The predicted octanol–water partition coefficient (Wildman–Crippen LogP) is 4.84. The molecular formula is C19H23NOS. The van der Waals surface area contributed by atoms with Gasteiger partial charge in [0.05, 0.1) is 5.69 Å². The third kappa shape index (κ3) is 2.20. The average Bonchev–Trinajstić information content (AvgIpc) is 3.16. The summed E-state index contributed by atoms with van der Waals surface area (Å²) in [6.07, 6.45) is 2.95. The molecule has 2 heterocycles. The maximum atomic E-state index is 11.4. The lowest BCUT2D eigenvalue weighted by Gasteiger charge is -2.33.